The van der Waals surface area contributed by atoms with Gasteiger partial charge in [-0.3, -0.25) is 38.6 Å². The summed E-state index contributed by atoms with van der Waals surface area (Å²) in [5, 5.41) is 7.83. The second-order valence-electron chi connectivity index (χ2n) is 18.5. The average molecular weight is 891 g/mol. The second kappa shape index (κ2) is 17.1. The second-order valence-corrected chi connectivity index (χ2v) is 20.5. The third-order valence-electron chi connectivity index (χ3n) is 12.9. The van der Waals surface area contributed by atoms with E-state index in [-0.39, 0.29) is 50.9 Å². The Morgan fingerprint density at radius 1 is 0.968 bits per heavy atom. The summed E-state index contributed by atoms with van der Waals surface area (Å²) in [6.07, 6.45) is 8.66. The summed E-state index contributed by atoms with van der Waals surface area (Å²) in [4.78, 5) is 95.5. The lowest BCUT2D eigenvalue weighted by atomic mass is 9.82. The number of nitrogens with zero attached hydrogens (tertiary/aromatic N) is 4. The summed E-state index contributed by atoms with van der Waals surface area (Å²) in [7, 11) is -3.97. The van der Waals surface area contributed by atoms with Crippen molar-refractivity contribution in [3.8, 4) is 11.5 Å². The molecule has 8 rings (SSSR count). The molecule has 0 bridgehead atoms. The standard InChI is InChI=1S/C43H54N8O11S/c1-5-27-18-43(27,40(56)49-63(58,59)29-11-12-29)48-37(53)31-17-28(62-41(57)50-20-25-15-32-33(61-23-60-32)16-26(25)21-50)22-51(31)39(55)35(42(2,3)4)47-38(54)34(24-9-7-6-8-10-24)46-36(52)30-19-44-13-14-45-30/h5,13-16,19,24,27-29,31,34-35H,1,6-12,17-18,20-23H2,2-4H3,(H,46,52)(H,47,54)(H,48,53)(H,49,56)/t27-,28+,31?,34-,35+,43-/m0/s1. The molecule has 3 aliphatic heterocycles. The number of carbonyl (C=O) groups excluding carboxylic acids is 6. The van der Waals surface area contributed by atoms with Gasteiger partial charge in [-0.25, -0.2) is 18.2 Å². The van der Waals surface area contributed by atoms with Gasteiger partial charge in [0.2, 0.25) is 34.5 Å². The average Bonchev–Trinajstić information content (AvgIpc) is 4.08. The van der Waals surface area contributed by atoms with Crippen LogP contribution in [0.2, 0.25) is 0 Å². The number of hydrogen-bond donors (Lipinski definition) is 4. The lowest BCUT2D eigenvalue weighted by Gasteiger charge is -2.37. The van der Waals surface area contributed by atoms with Gasteiger partial charge in [0.15, 0.2) is 11.5 Å². The first-order valence-corrected chi connectivity index (χ1v) is 23.1. The van der Waals surface area contributed by atoms with Gasteiger partial charge in [0, 0.05) is 37.8 Å². The highest BCUT2D eigenvalue weighted by atomic mass is 32.2. The fourth-order valence-electron chi connectivity index (χ4n) is 9.07. The Hall–Kier alpha value is -5.79. The third-order valence-corrected chi connectivity index (χ3v) is 14.7. The molecular formula is C43H54N8O11S. The number of hydrogen-bond acceptors (Lipinski definition) is 13. The minimum Gasteiger partial charge on any atom is -0.454 e. The molecule has 2 aromatic rings. The molecule has 4 fully saturated rings. The van der Waals surface area contributed by atoms with E-state index in [4.69, 9.17) is 14.2 Å². The maximum absolute atomic E-state index is 15.0. The smallest absolute Gasteiger partial charge is 0.410 e. The van der Waals surface area contributed by atoms with Gasteiger partial charge in [0.05, 0.1) is 18.0 Å². The van der Waals surface area contributed by atoms with Crippen LogP contribution in [0.5, 0.6) is 11.5 Å². The molecule has 20 heteroatoms. The van der Waals surface area contributed by atoms with Crippen LogP contribution in [0, 0.1) is 17.3 Å². The summed E-state index contributed by atoms with van der Waals surface area (Å²) in [6.45, 7) is 9.35. The fraction of sp³-hybridized carbons (Fsp3) is 0.581. The number of likely N-dealkylation sites (tertiary alicyclic amines) is 1. The van der Waals surface area contributed by atoms with Crippen molar-refractivity contribution in [3.05, 3.63) is 60.2 Å². The van der Waals surface area contributed by atoms with E-state index in [1.807, 2.05) is 12.1 Å². The van der Waals surface area contributed by atoms with Crippen LogP contribution < -0.4 is 30.1 Å². The molecule has 6 aliphatic rings. The maximum Gasteiger partial charge on any atom is 0.410 e. The van der Waals surface area contributed by atoms with E-state index in [0.717, 1.165) is 30.4 Å². The number of benzene rings is 1. The van der Waals surface area contributed by atoms with E-state index in [1.54, 1.807) is 20.8 Å². The summed E-state index contributed by atoms with van der Waals surface area (Å²) >= 11 is 0. The number of carbonyl (C=O) groups is 6. The predicted octanol–water partition coefficient (Wildman–Crippen LogP) is 2.21. The van der Waals surface area contributed by atoms with Gasteiger partial charge in [0.1, 0.15) is 35.5 Å². The molecule has 6 amide bonds. The minimum atomic E-state index is -3.97. The lowest BCUT2D eigenvalue weighted by molar-refractivity contribution is -0.145. The Morgan fingerprint density at radius 2 is 1.65 bits per heavy atom. The van der Waals surface area contributed by atoms with Crippen LogP contribution in [0.25, 0.3) is 0 Å². The van der Waals surface area contributed by atoms with Crippen LogP contribution in [-0.4, -0.2) is 112 Å². The highest BCUT2D eigenvalue weighted by molar-refractivity contribution is 7.91. The van der Waals surface area contributed by atoms with Crippen LogP contribution >= 0.6 is 0 Å². The van der Waals surface area contributed by atoms with Gasteiger partial charge in [0.25, 0.3) is 11.8 Å². The highest BCUT2D eigenvalue weighted by Gasteiger charge is 2.62. The minimum absolute atomic E-state index is 0.0246. The van der Waals surface area contributed by atoms with Gasteiger partial charge in [-0.15, -0.1) is 6.58 Å². The number of nitrogens with one attached hydrogen (secondary N) is 4. The predicted molar refractivity (Wildman–Crippen MR) is 223 cm³/mol. The molecule has 63 heavy (non-hydrogen) atoms. The zero-order valence-corrected chi connectivity index (χ0v) is 36.4. The normalized spacial score (nSPS) is 25.0. The monoisotopic (exact) mass is 890 g/mol. The molecule has 0 spiro atoms. The van der Waals surface area contributed by atoms with E-state index in [2.05, 4.69) is 37.2 Å². The van der Waals surface area contributed by atoms with Crippen molar-refractivity contribution in [2.75, 3.05) is 13.3 Å². The van der Waals surface area contributed by atoms with Crippen molar-refractivity contribution in [2.24, 2.45) is 17.3 Å². The van der Waals surface area contributed by atoms with Gasteiger partial charge in [-0.05, 0) is 66.7 Å². The lowest BCUT2D eigenvalue weighted by Crippen LogP contribution is -2.62. The van der Waals surface area contributed by atoms with Crippen molar-refractivity contribution in [1.29, 1.82) is 0 Å². The Balaban J connectivity index is 1.04. The van der Waals surface area contributed by atoms with E-state index in [9.17, 15) is 32.4 Å². The van der Waals surface area contributed by atoms with E-state index >= 15 is 4.79 Å². The van der Waals surface area contributed by atoms with Gasteiger partial charge < -0.3 is 35.1 Å². The van der Waals surface area contributed by atoms with Gasteiger partial charge in [-0.2, -0.15) is 0 Å². The molecule has 1 aromatic carbocycles. The molecule has 1 aromatic heterocycles. The van der Waals surface area contributed by atoms with Crippen LogP contribution in [0.1, 0.15) is 100 Å². The highest BCUT2D eigenvalue weighted by Crippen LogP contribution is 2.46. The molecule has 4 N–H and O–H groups in total. The number of rotatable bonds is 13. The molecule has 1 unspecified atom stereocenters. The summed E-state index contributed by atoms with van der Waals surface area (Å²) in [5.41, 5.74) is -0.865. The number of ether oxygens (including phenoxy) is 3. The zero-order chi connectivity index (χ0) is 44.8. The molecule has 4 heterocycles. The Morgan fingerprint density at radius 3 is 2.24 bits per heavy atom. The van der Waals surface area contributed by atoms with Crippen molar-refractivity contribution >= 4 is 45.7 Å². The maximum atomic E-state index is 15.0. The number of sulfonamides is 1. The van der Waals surface area contributed by atoms with E-state index < -0.39 is 92.0 Å². The fourth-order valence-corrected chi connectivity index (χ4v) is 10.4. The first kappa shape index (κ1) is 43.8. The third kappa shape index (κ3) is 9.17. The summed E-state index contributed by atoms with van der Waals surface area (Å²) in [6, 6.07) is 0.0448. The zero-order valence-electron chi connectivity index (χ0n) is 35.6. The molecule has 0 radical (unpaired) electrons. The van der Waals surface area contributed by atoms with Crippen molar-refractivity contribution in [3.63, 3.8) is 0 Å². The Labute approximate surface area is 365 Å². The number of aromatic nitrogens is 2. The molecule has 6 atom stereocenters. The van der Waals surface area contributed by atoms with E-state index in [1.165, 1.54) is 34.5 Å². The first-order chi connectivity index (χ1) is 30.0. The topological polar surface area (TPSA) is 245 Å². The Kier molecular flexibility index (Phi) is 11.9. The van der Waals surface area contributed by atoms with Crippen molar-refractivity contribution in [2.45, 2.75) is 127 Å². The van der Waals surface area contributed by atoms with Crippen LogP contribution in [0.15, 0.2) is 43.4 Å². The van der Waals surface area contributed by atoms with Crippen molar-refractivity contribution < 1.29 is 51.4 Å². The molecule has 19 nitrogen and oxygen atoms in total. The molecule has 3 saturated carbocycles. The number of amides is 6. The van der Waals surface area contributed by atoms with Crippen LogP contribution in [-0.2, 0) is 47.0 Å². The Bertz CT molecular complexity index is 2260. The van der Waals surface area contributed by atoms with Gasteiger partial charge in [-0.1, -0.05) is 46.1 Å². The first-order valence-electron chi connectivity index (χ1n) is 21.5. The molecular weight excluding hydrogens is 837 g/mol. The summed E-state index contributed by atoms with van der Waals surface area (Å²) < 4.78 is 44.8. The van der Waals surface area contributed by atoms with E-state index in [0.29, 0.717) is 37.2 Å². The molecule has 338 valence electrons. The van der Waals surface area contributed by atoms with Crippen LogP contribution in [0.4, 0.5) is 4.79 Å². The molecule has 3 aliphatic carbocycles. The summed E-state index contributed by atoms with van der Waals surface area (Å²) in [5.74, 6) is -3.21. The molecule has 1 saturated heterocycles. The SMILES string of the molecule is C=C[C@H]1C[C@@]1(NC(=O)C1C[C@@H](OC(=O)N2Cc3cc4c(cc3C2)OCO4)CN1C(=O)[C@@H](NC(=O)[C@@H](NC(=O)c1cnccn1)C1CCCCC1)C(C)(C)C)C(=O)NS(=O)(=O)C1CC1. The quantitative estimate of drug-likeness (QED) is 0.211. The number of fused-ring (bicyclic) bond motifs is 2. The van der Waals surface area contributed by atoms with Crippen LogP contribution in [0.3, 0.4) is 0 Å². The van der Waals surface area contributed by atoms with Crippen molar-refractivity contribution in [1.82, 2.24) is 40.4 Å². The largest absolute Gasteiger partial charge is 0.454 e. The van der Waals surface area contributed by atoms with Gasteiger partial charge >= 0.3 is 6.09 Å².